The molecule has 0 radical (unpaired) electrons. The van der Waals surface area contributed by atoms with Gasteiger partial charge in [-0.1, -0.05) is 12.1 Å². The molecule has 1 aliphatic rings. The summed E-state index contributed by atoms with van der Waals surface area (Å²) >= 11 is 0. The van der Waals surface area contributed by atoms with Gasteiger partial charge >= 0.3 is 0 Å². The first kappa shape index (κ1) is 12.9. The van der Waals surface area contributed by atoms with Gasteiger partial charge in [-0.3, -0.25) is 0 Å². The second kappa shape index (κ2) is 5.12. The highest BCUT2D eigenvalue weighted by atomic mass is 16.3. The molecule has 0 saturated heterocycles. The van der Waals surface area contributed by atoms with Crippen molar-refractivity contribution in [3.63, 3.8) is 0 Å². The lowest BCUT2D eigenvalue weighted by Gasteiger charge is -2.23. The Bertz CT molecular complexity index is 638. The molecular formula is C16H19N3O. The van der Waals surface area contributed by atoms with Gasteiger partial charge in [-0.05, 0) is 37.8 Å². The number of phenolic OH excluding ortho intramolecular Hbond substituents is 1. The Balaban J connectivity index is 2.18. The zero-order chi connectivity index (χ0) is 14.1. The number of phenols is 1. The van der Waals surface area contributed by atoms with Crippen molar-refractivity contribution < 1.29 is 5.11 Å². The molecular weight excluding hydrogens is 250 g/mol. The van der Waals surface area contributed by atoms with Crippen molar-refractivity contribution >= 4 is 5.82 Å². The van der Waals surface area contributed by atoms with Gasteiger partial charge in [0.1, 0.15) is 11.6 Å². The van der Waals surface area contributed by atoms with Crippen LogP contribution < -0.4 is 4.90 Å². The predicted molar refractivity (Wildman–Crippen MR) is 80.1 cm³/mol. The summed E-state index contributed by atoms with van der Waals surface area (Å²) in [5.41, 5.74) is 3.09. The Morgan fingerprint density at radius 2 is 1.80 bits per heavy atom. The molecule has 4 nitrogen and oxygen atoms in total. The molecule has 2 aromatic rings. The van der Waals surface area contributed by atoms with E-state index in [4.69, 9.17) is 0 Å². The lowest BCUT2D eigenvalue weighted by molar-refractivity contribution is 0.477. The maximum absolute atomic E-state index is 10.0. The minimum Gasteiger partial charge on any atom is -0.507 e. The summed E-state index contributed by atoms with van der Waals surface area (Å²) in [5, 5.41) is 10.0. The Labute approximate surface area is 119 Å². The summed E-state index contributed by atoms with van der Waals surface area (Å²) in [6.07, 6.45) is 4.42. The maximum atomic E-state index is 10.0. The Morgan fingerprint density at radius 1 is 1.05 bits per heavy atom. The van der Waals surface area contributed by atoms with E-state index in [2.05, 4.69) is 9.97 Å². The number of aromatic hydroxyl groups is 1. The number of aryl methyl sites for hydroxylation is 1. The third kappa shape index (κ3) is 2.22. The number of benzene rings is 1. The standard InChI is InChI=1S/C16H19N3O/c1-19(2)16-11-7-3-5-9-13(11)17-15(18-16)12-8-4-6-10-14(12)20/h4,6,8,10,20H,3,5,7,9H2,1-2H3. The molecule has 1 heterocycles. The molecule has 4 heteroatoms. The van der Waals surface area contributed by atoms with Crippen LogP contribution in [-0.2, 0) is 12.8 Å². The molecule has 0 amide bonds. The summed E-state index contributed by atoms with van der Waals surface area (Å²) in [6, 6.07) is 7.24. The lowest BCUT2D eigenvalue weighted by Crippen LogP contribution is -2.18. The topological polar surface area (TPSA) is 49.2 Å². The molecule has 1 N–H and O–H groups in total. The van der Waals surface area contributed by atoms with Crippen LogP contribution in [0.1, 0.15) is 24.1 Å². The van der Waals surface area contributed by atoms with Crippen molar-refractivity contribution in [2.45, 2.75) is 25.7 Å². The molecule has 0 aliphatic heterocycles. The van der Waals surface area contributed by atoms with E-state index in [9.17, 15) is 5.11 Å². The first-order chi connectivity index (χ1) is 9.66. The van der Waals surface area contributed by atoms with Crippen LogP contribution in [0.25, 0.3) is 11.4 Å². The van der Waals surface area contributed by atoms with Gasteiger partial charge in [-0.15, -0.1) is 0 Å². The highest BCUT2D eigenvalue weighted by Crippen LogP contribution is 2.32. The minimum atomic E-state index is 0.230. The zero-order valence-corrected chi connectivity index (χ0v) is 11.9. The molecule has 1 aromatic carbocycles. The number of anilines is 1. The molecule has 104 valence electrons. The SMILES string of the molecule is CN(C)c1nc(-c2ccccc2O)nc2c1CCCC2. The van der Waals surface area contributed by atoms with Crippen LogP contribution in [0, 0.1) is 0 Å². The van der Waals surface area contributed by atoms with Gasteiger partial charge in [0.25, 0.3) is 0 Å². The molecule has 0 fully saturated rings. The van der Waals surface area contributed by atoms with Crippen molar-refractivity contribution in [2.24, 2.45) is 0 Å². The van der Waals surface area contributed by atoms with Crippen molar-refractivity contribution in [1.82, 2.24) is 9.97 Å². The predicted octanol–water partition coefficient (Wildman–Crippen LogP) is 2.79. The number of hydrogen-bond donors (Lipinski definition) is 1. The van der Waals surface area contributed by atoms with Crippen molar-refractivity contribution in [1.29, 1.82) is 0 Å². The summed E-state index contributed by atoms with van der Waals surface area (Å²) < 4.78 is 0. The summed E-state index contributed by atoms with van der Waals surface area (Å²) in [6.45, 7) is 0. The van der Waals surface area contributed by atoms with Crippen molar-refractivity contribution in [2.75, 3.05) is 19.0 Å². The largest absolute Gasteiger partial charge is 0.507 e. The second-order valence-electron chi connectivity index (χ2n) is 5.41. The van der Waals surface area contributed by atoms with Crippen LogP contribution in [-0.4, -0.2) is 29.2 Å². The van der Waals surface area contributed by atoms with Crippen LogP contribution >= 0.6 is 0 Å². The number of para-hydroxylation sites is 1. The fourth-order valence-corrected chi connectivity index (χ4v) is 2.73. The van der Waals surface area contributed by atoms with Crippen LogP contribution in [0.4, 0.5) is 5.82 Å². The van der Waals surface area contributed by atoms with Crippen molar-refractivity contribution in [3.8, 4) is 17.1 Å². The second-order valence-corrected chi connectivity index (χ2v) is 5.41. The fourth-order valence-electron chi connectivity index (χ4n) is 2.73. The van der Waals surface area contributed by atoms with E-state index in [-0.39, 0.29) is 5.75 Å². The van der Waals surface area contributed by atoms with E-state index in [1.165, 1.54) is 18.4 Å². The van der Waals surface area contributed by atoms with Gasteiger partial charge in [0.2, 0.25) is 0 Å². The third-order valence-corrected chi connectivity index (χ3v) is 3.73. The number of rotatable bonds is 2. The average molecular weight is 269 g/mol. The van der Waals surface area contributed by atoms with Crippen LogP contribution in [0.2, 0.25) is 0 Å². The molecule has 1 aromatic heterocycles. The number of hydrogen-bond acceptors (Lipinski definition) is 4. The van der Waals surface area contributed by atoms with E-state index < -0.39 is 0 Å². The molecule has 0 saturated carbocycles. The van der Waals surface area contributed by atoms with E-state index in [0.29, 0.717) is 11.4 Å². The van der Waals surface area contributed by atoms with Crippen LogP contribution in [0.5, 0.6) is 5.75 Å². The minimum absolute atomic E-state index is 0.230. The van der Waals surface area contributed by atoms with E-state index >= 15 is 0 Å². The molecule has 1 aliphatic carbocycles. The van der Waals surface area contributed by atoms with Crippen LogP contribution in [0.3, 0.4) is 0 Å². The Morgan fingerprint density at radius 3 is 2.55 bits per heavy atom. The average Bonchev–Trinajstić information content (AvgIpc) is 2.46. The smallest absolute Gasteiger partial charge is 0.165 e. The summed E-state index contributed by atoms with van der Waals surface area (Å²) in [7, 11) is 4.01. The van der Waals surface area contributed by atoms with Gasteiger partial charge in [0, 0.05) is 25.4 Å². The molecule has 20 heavy (non-hydrogen) atoms. The lowest BCUT2D eigenvalue weighted by atomic mass is 9.96. The molecule has 3 rings (SSSR count). The van der Waals surface area contributed by atoms with Crippen molar-refractivity contribution in [3.05, 3.63) is 35.5 Å². The van der Waals surface area contributed by atoms with Gasteiger partial charge in [-0.25, -0.2) is 9.97 Å². The first-order valence-electron chi connectivity index (χ1n) is 7.02. The normalized spacial score (nSPS) is 13.9. The Kier molecular flexibility index (Phi) is 3.30. The van der Waals surface area contributed by atoms with E-state index in [0.717, 1.165) is 24.4 Å². The van der Waals surface area contributed by atoms with Crippen LogP contribution in [0.15, 0.2) is 24.3 Å². The Hall–Kier alpha value is -2.10. The molecule has 0 atom stereocenters. The van der Waals surface area contributed by atoms with E-state index in [1.54, 1.807) is 6.07 Å². The van der Waals surface area contributed by atoms with Gasteiger partial charge in [0.15, 0.2) is 5.82 Å². The summed E-state index contributed by atoms with van der Waals surface area (Å²) in [5.74, 6) is 1.83. The van der Waals surface area contributed by atoms with E-state index in [1.807, 2.05) is 37.2 Å². The van der Waals surface area contributed by atoms with Gasteiger partial charge in [0.05, 0.1) is 5.56 Å². The monoisotopic (exact) mass is 269 g/mol. The third-order valence-electron chi connectivity index (χ3n) is 3.73. The fraction of sp³-hybridized carbons (Fsp3) is 0.375. The maximum Gasteiger partial charge on any atom is 0.165 e. The van der Waals surface area contributed by atoms with Gasteiger partial charge < -0.3 is 10.0 Å². The number of aromatic nitrogens is 2. The first-order valence-corrected chi connectivity index (χ1v) is 7.02. The van der Waals surface area contributed by atoms with Gasteiger partial charge in [-0.2, -0.15) is 0 Å². The highest BCUT2D eigenvalue weighted by Gasteiger charge is 2.20. The highest BCUT2D eigenvalue weighted by molar-refractivity contribution is 5.66. The molecule has 0 spiro atoms. The number of nitrogens with zero attached hydrogens (tertiary/aromatic N) is 3. The molecule has 0 bridgehead atoms. The number of fused-ring (bicyclic) bond motifs is 1. The zero-order valence-electron chi connectivity index (χ0n) is 11.9. The summed E-state index contributed by atoms with van der Waals surface area (Å²) in [4.78, 5) is 11.4. The molecule has 0 unspecified atom stereocenters. The quantitative estimate of drug-likeness (QED) is 0.910.